The summed E-state index contributed by atoms with van der Waals surface area (Å²) in [4.78, 5) is 2.16. The van der Waals surface area contributed by atoms with Crippen LogP contribution in [-0.2, 0) is 6.54 Å². The summed E-state index contributed by atoms with van der Waals surface area (Å²) < 4.78 is 6.50. The van der Waals surface area contributed by atoms with Gasteiger partial charge in [-0.05, 0) is 43.8 Å². The average molecular weight is 323 g/mol. The molecule has 2 aromatic rings. The van der Waals surface area contributed by atoms with Gasteiger partial charge in [-0.15, -0.1) is 0 Å². The van der Waals surface area contributed by atoms with Crippen molar-refractivity contribution in [2.45, 2.75) is 19.5 Å². The lowest BCUT2D eigenvalue weighted by molar-refractivity contribution is 0.507. The first-order valence-corrected chi connectivity index (χ1v) is 7.11. The van der Waals surface area contributed by atoms with E-state index in [0.29, 0.717) is 6.04 Å². The van der Waals surface area contributed by atoms with Gasteiger partial charge in [0.05, 0.1) is 12.8 Å². The summed E-state index contributed by atoms with van der Waals surface area (Å²) in [6, 6.07) is 10.7. The molecule has 0 amide bonds. The summed E-state index contributed by atoms with van der Waals surface area (Å²) in [6.07, 6.45) is 1.71. The Bertz CT molecular complexity index is 525. The number of furan rings is 1. The van der Waals surface area contributed by atoms with E-state index in [1.807, 2.05) is 19.2 Å². The van der Waals surface area contributed by atoms with Gasteiger partial charge in [0.15, 0.2) is 0 Å². The standard InChI is InChI=1S/C15H19BrN2O/c1-11(17-2)14-7-6-12(9-15(14)16)18(3)10-13-5-4-8-19-13/h4-9,11,17H,10H2,1-3H3. The van der Waals surface area contributed by atoms with Crippen LogP contribution in [-0.4, -0.2) is 14.1 Å². The van der Waals surface area contributed by atoms with Crippen LogP contribution in [0.25, 0.3) is 0 Å². The van der Waals surface area contributed by atoms with Gasteiger partial charge in [0, 0.05) is 23.2 Å². The van der Waals surface area contributed by atoms with Crippen molar-refractivity contribution >= 4 is 21.6 Å². The Balaban J connectivity index is 2.15. The quantitative estimate of drug-likeness (QED) is 0.903. The minimum atomic E-state index is 0.332. The van der Waals surface area contributed by atoms with Crippen molar-refractivity contribution in [2.24, 2.45) is 0 Å². The van der Waals surface area contributed by atoms with E-state index in [0.717, 1.165) is 22.5 Å². The molecule has 0 saturated heterocycles. The first-order chi connectivity index (χ1) is 9.11. The van der Waals surface area contributed by atoms with E-state index in [-0.39, 0.29) is 0 Å². The molecule has 0 aliphatic rings. The lowest BCUT2D eigenvalue weighted by Gasteiger charge is -2.20. The predicted molar refractivity (Wildman–Crippen MR) is 82.4 cm³/mol. The van der Waals surface area contributed by atoms with E-state index in [1.54, 1.807) is 6.26 Å². The number of benzene rings is 1. The molecule has 0 bridgehead atoms. The number of hydrogen-bond donors (Lipinski definition) is 1. The second-order valence-electron chi connectivity index (χ2n) is 4.65. The molecule has 1 atom stereocenters. The first kappa shape index (κ1) is 14.2. The van der Waals surface area contributed by atoms with Crippen LogP contribution in [0.15, 0.2) is 45.5 Å². The zero-order valence-corrected chi connectivity index (χ0v) is 13.1. The van der Waals surface area contributed by atoms with Gasteiger partial charge in [0.25, 0.3) is 0 Å². The Morgan fingerprint density at radius 3 is 2.74 bits per heavy atom. The molecule has 0 radical (unpaired) electrons. The van der Waals surface area contributed by atoms with E-state index in [1.165, 1.54) is 5.56 Å². The number of anilines is 1. The SMILES string of the molecule is CNC(C)c1ccc(N(C)Cc2ccco2)cc1Br. The molecule has 0 aliphatic heterocycles. The summed E-state index contributed by atoms with van der Waals surface area (Å²) in [5.74, 6) is 0.964. The zero-order valence-electron chi connectivity index (χ0n) is 11.5. The molecular weight excluding hydrogens is 304 g/mol. The summed E-state index contributed by atoms with van der Waals surface area (Å²) in [5.41, 5.74) is 2.42. The van der Waals surface area contributed by atoms with Gasteiger partial charge >= 0.3 is 0 Å². The highest BCUT2D eigenvalue weighted by atomic mass is 79.9. The Labute approximate surface area is 122 Å². The van der Waals surface area contributed by atoms with Gasteiger partial charge in [-0.25, -0.2) is 0 Å². The summed E-state index contributed by atoms with van der Waals surface area (Å²) in [7, 11) is 4.03. The first-order valence-electron chi connectivity index (χ1n) is 6.32. The van der Waals surface area contributed by atoms with Crippen LogP contribution in [0, 0.1) is 0 Å². The van der Waals surface area contributed by atoms with Gasteiger partial charge < -0.3 is 14.6 Å². The van der Waals surface area contributed by atoms with Crippen LogP contribution in [0.2, 0.25) is 0 Å². The van der Waals surface area contributed by atoms with E-state index >= 15 is 0 Å². The summed E-state index contributed by atoms with van der Waals surface area (Å²) in [5, 5.41) is 3.25. The maximum Gasteiger partial charge on any atom is 0.123 e. The zero-order chi connectivity index (χ0) is 13.8. The molecule has 1 aromatic heterocycles. The minimum Gasteiger partial charge on any atom is -0.467 e. The average Bonchev–Trinajstić information content (AvgIpc) is 2.90. The van der Waals surface area contributed by atoms with Crippen molar-refractivity contribution in [2.75, 3.05) is 19.0 Å². The fourth-order valence-electron chi connectivity index (χ4n) is 1.99. The van der Waals surface area contributed by atoms with Crippen LogP contribution < -0.4 is 10.2 Å². The maximum absolute atomic E-state index is 5.37. The normalized spacial score (nSPS) is 12.4. The van der Waals surface area contributed by atoms with E-state index in [9.17, 15) is 0 Å². The molecule has 1 N–H and O–H groups in total. The third-order valence-electron chi connectivity index (χ3n) is 3.30. The molecule has 1 unspecified atom stereocenters. The van der Waals surface area contributed by atoms with Crippen molar-refractivity contribution in [1.29, 1.82) is 0 Å². The number of halogens is 1. The van der Waals surface area contributed by atoms with Gasteiger partial charge in [0.2, 0.25) is 0 Å². The monoisotopic (exact) mass is 322 g/mol. The van der Waals surface area contributed by atoms with E-state index in [4.69, 9.17) is 4.42 Å². The van der Waals surface area contributed by atoms with Gasteiger partial charge in [-0.1, -0.05) is 22.0 Å². The highest BCUT2D eigenvalue weighted by Crippen LogP contribution is 2.28. The van der Waals surface area contributed by atoms with Gasteiger partial charge in [0.1, 0.15) is 5.76 Å². The van der Waals surface area contributed by atoms with Crippen LogP contribution >= 0.6 is 15.9 Å². The summed E-state index contributed by atoms with van der Waals surface area (Å²) >= 11 is 3.64. The molecule has 1 aromatic carbocycles. The lowest BCUT2D eigenvalue weighted by Crippen LogP contribution is -2.17. The minimum absolute atomic E-state index is 0.332. The molecule has 19 heavy (non-hydrogen) atoms. The fourth-order valence-corrected chi connectivity index (χ4v) is 2.70. The Morgan fingerprint density at radius 1 is 1.37 bits per heavy atom. The van der Waals surface area contributed by atoms with Crippen LogP contribution in [0.5, 0.6) is 0 Å². The smallest absolute Gasteiger partial charge is 0.123 e. The lowest BCUT2D eigenvalue weighted by atomic mass is 10.1. The van der Waals surface area contributed by atoms with Crippen molar-refractivity contribution in [3.63, 3.8) is 0 Å². The highest BCUT2D eigenvalue weighted by Gasteiger charge is 2.10. The molecule has 0 fully saturated rings. The van der Waals surface area contributed by atoms with Crippen LogP contribution in [0.3, 0.4) is 0 Å². The van der Waals surface area contributed by atoms with Crippen molar-refractivity contribution in [3.05, 3.63) is 52.4 Å². The Hall–Kier alpha value is -1.26. The van der Waals surface area contributed by atoms with Crippen molar-refractivity contribution in [1.82, 2.24) is 5.32 Å². The molecule has 1 heterocycles. The molecule has 4 heteroatoms. The van der Waals surface area contributed by atoms with E-state index < -0.39 is 0 Å². The fraction of sp³-hybridized carbons (Fsp3) is 0.333. The molecule has 0 saturated carbocycles. The molecule has 102 valence electrons. The highest BCUT2D eigenvalue weighted by molar-refractivity contribution is 9.10. The number of hydrogen-bond acceptors (Lipinski definition) is 3. The number of nitrogens with zero attached hydrogens (tertiary/aromatic N) is 1. The molecular formula is C15H19BrN2O. The third kappa shape index (κ3) is 3.39. The van der Waals surface area contributed by atoms with Gasteiger partial charge in [-0.3, -0.25) is 0 Å². The Kier molecular flexibility index (Phi) is 4.66. The largest absolute Gasteiger partial charge is 0.467 e. The molecule has 0 aliphatic carbocycles. The predicted octanol–water partition coefficient (Wildman–Crippen LogP) is 3.96. The van der Waals surface area contributed by atoms with E-state index in [2.05, 4.69) is 58.3 Å². The summed E-state index contributed by atoms with van der Waals surface area (Å²) in [6.45, 7) is 2.91. The maximum atomic E-state index is 5.37. The number of rotatable bonds is 5. The Morgan fingerprint density at radius 2 is 2.16 bits per heavy atom. The molecule has 3 nitrogen and oxygen atoms in total. The third-order valence-corrected chi connectivity index (χ3v) is 3.98. The van der Waals surface area contributed by atoms with Crippen LogP contribution in [0.1, 0.15) is 24.3 Å². The number of nitrogens with one attached hydrogen (secondary N) is 1. The molecule has 0 spiro atoms. The second kappa shape index (κ2) is 6.26. The van der Waals surface area contributed by atoms with Crippen molar-refractivity contribution in [3.8, 4) is 0 Å². The van der Waals surface area contributed by atoms with Crippen molar-refractivity contribution < 1.29 is 4.42 Å². The topological polar surface area (TPSA) is 28.4 Å². The second-order valence-corrected chi connectivity index (χ2v) is 5.51. The molecule has 2 rings (SSSR count). The van der Waals surface area contributed by atoms with Gasteiger partial charge in [-0.2, -0.15) is 0 Å². The van der Waals surface area contributed by atoms with Crippen LogP contribution in [0.4, 0.5) is 5.69 Å².